The molecule has 1 heterocycles. The molecule has 1 rings (SSSR count). The Kier molecular flexibility index (Phi) is 2.21. The fourth-order valence-electron chi connectivity index (χ4n) is 0.870. The third kappa shape index (κ3) is 1.27. The van der Waals surface area contributed by atoms with Gasteiger partial charge in [0.05, 0.1) is 0 Å². The molecule has 78 valence electrons. The number of alkyl halides is 7. The fraction of sp³-hybridized carbons (Fsp3) is 1.00. The minimum absolute atomic E-state index is 2.81. The lowest BCUT2D eigenvalue weighted by molar-refractivity contribution is -0.265. The Balaban J connectivity index is 3.00. The maximum Gasteiger partial charge on any atom is 0.393 e. The summed E-state index contributed by atoms with van der Waals surface area (Å²) in [6.45, 7) is 0. The maximum absolute atomic E-state index is 12.6. The van der Waals surface area contributed by atoms with Gasteiger partial charge in [-0.05, 0) is 0 Å². The van der Waals surface area contributed by atoms with Crippen molar-refractivity contribution in [3.63, 3.8) is 0 Å². The Morgan fingerprint density at radius 3 is 1.69 bits per heavy atom. The van der Waals surface area contributed by atoms with E-state index < -0.39 is 30.7 Å². The average molecular weight is 212 g/mol. The predicted molar refractivity (Wildman–Crippen MR) is 25.7 cm³/mol. The van der Waals surface area contributed by atoms with E-state index in [0.29, 0.717) is 0 Å². The number of rotatable bonds is 1. The number of ether oxygens (including phenoxy) is 1. The van der Waals surface area contributed by atoms with Crippen LogP contribution in [0.5, 0.6) is 0 Å². The quantitative estimate of drug-likeness (QED) is 0.605. The lowest BCUT2D eigenvalue weighted by Gasteiger charge is -2.20. The molecule has 0 aromatic heterocycles. The molecule has 1 fully saturated rings. The molecule has 1 nitrogen and oxygen atoms in total. The van der Waals surface area contributed by atoms with E-state index in [1.807, 2.05) is 0 Å². The van der Waals surface area contributed by atoms with Crippen molar-refractivity contribution in [2.75, 3.05) is 0 Å². The molecular weight excluding hydrogens is 209 g/mol. The topological polar surface area (TPSA) is 9.23 Å². The van der Waals surface area contributed by atoms with Crippen LogP contribution in [0.1, 0.15) is 0 Å². The molecule has 3 unspecified atom stereocenters. The van der Waals surface area contributed by atoms with Gasteiger partial charge in [-0.3, -0.25) is 4.74 Å². The first-order valence-corrected chi connectivity index (χ1v) is 3.03. The van der Waals surface area contributed by atoms with Crippen LogP contribution in [-0.2, 0) is 4.74 Å². The smallest absolute Gasteiger partial charge is 0.279 e. The molecule has 13 heavy (non-hydrogen) atoms. The molecule has 8 heteroatoms. The van der Waals surface area contributed by atoms with Crippen molar-refractivity contribution >= 4 is 0 Å². The Morgan fingerprint density at radius 1 is 1.08 bits per heavy atom. The van der Waals surface area contributed by atoms with Crippen LogP contribution in [0.4, 0.5) is 30.7 Å². The van der Waals surface area contributed by atoms with Crippen molar-refractivity contribution in [1.29, 1.82) is 0 Å². The Bertz CT molecular complexity index is 207. The van der Waals surface area contributed by atoms with E-state index in [2.05, 4.69) is 4.74 Å². The Hall–Kier alpha value is -0.530. The molecule has 0 amide bonds. The first kappa shape index (κ1) is 10.6. The van der Waals surface area contributed by atoms with Gasteiger partial charge in [-0.25, -0.2) is 22.0 Å². The zero-order chi connectivity index (χ0) is 10.4. The van der Waals surface area contributed by atoms with Crippen molar-refractivity contribution in [2.24, 2.45) is 0 Å². The highest BCUT2D eigenvalue weighted by Gasteiger charge is 2.73. The standard InChI is InChI=1S/C5H3F7O/c6-1-4(10,2(7)8)3(9)13-5(1,11)12/h1-3H. The third-order valence-electron chi connectivity index (χ3n) is 1.63. The number of hydrogen-bond donors (Lipinski definition) is 0. The normalized spacial score (nSPS) is 44.3. The van der Waals surface area contributed by atoms with E-state index in [-0.39, 0.29) is 0 Å². The van der Waals surface area contributed by atoms with Crippen LogP contribution >= 0.6 is 0 Å². The van der Waals surface area contributed by atoms with Crippen molar-refractivity contribution in [1.82, 2.24) is 0 Å². The molecule has 3 atom stereocenters. The molecule has 1 aliphatic rings. The summed E-state index contributed by atoms with van der Waals surface area (Å²) in [5.74, 6) is 0. The van der Waals surface area contributed by atoms with Crippen molar-refractivity contribution in [3.05, 3.63) is 0 Å². The number of hydrogen-bond acceptors (Lipinski definition) is 1. The molecule has 0 aliphatic carbocycles. The van der Waals surface area contributed by atoms with E-state index in [1.54, 1.807) is 0 Å². The summed E-state index contributed by atoms with van der Waals surface area (Å²) in [6.07, 6.45) is -16.7. The van der Waals surface area contributed by atoms with Gasteiger partial charge in [0, 0.05) is 0 Å². The van der Waals surface area contributed by atoms with Gasteiger partial charge in [-0.15, -0.1) is 0 Å². The zero-order valence-corrected chi connectivity index (χ0v) is 5.79. The largest absolute Gasteiger partial charge is 0.393 e. The summed E-state index contributed by atoms with van der Waals surface area (Å²) >= 11 is 0. The van der Waals surface area contributed by atoms with Gasteiger partial charge < -0.3 is 0 Å². The summed E-state index contributed by atoms with van der Waals surface area (Å²) in [4.78, 5) is 0. The monoisotopic (exact) mass is 212 g/mol. The molecule has 0 radical (unpaired) electrons. The van der Waals surface area contributed by atoms with Crippen LogP contribution in [0.25, 0.3) is 0 Å². The van der Waals surface area contributed by atoms with E-state index in [1.165, 1.54) is 0 Å². The lowest BCUT2D eigenvalue weighted by atomic mass is 10.0. The van der Waals surface area contributed by atoms with Crippen LogP contribution in [0, 0.1) is 0 Å². The van der Waals surface area contributed by atoms with Crippen LogP contribution < -0.4 is 0 Å². The van der Waals surface area contributed by atoms with Crippen molar-refractivity contribution < 1.29 is 35.5 Å². The van der Waals surface area contributed by atoms with Crippen LogP contribution in [0.15, 0.2) is 0 Å². The minimum Gasteiger partial charge on any atom is -0.279 e. The third-order valence-corrected chi connectivity index (χ3v) is 1.63. The van der Waals surface area contributed by atoms with E-state index >= 15 is 0 Å². The molecule has 0 aromatic rings. The second kappa shape index (κ2) is 2.73. The van der Waals surface area contributed by atoms with E-state index in [9.17, 15) is 30.7 Å². The fourth-order valence-corrected chi connectivity index (χ4v) is 0.870. The predicted octanol–water partition coefficient (Wildman–Crippen LogP) is 2.22. The highest BCUT2D eigenvalue weighted by atomic mass is 19.3. The van der Waals surface area contributed by atoms with Gasteiger partial charge in [0.2, 0.25) is 12.5 Å². The molecule has 0 aromatic carbocycles. The van der Waals surface area contributed by atoms with E-state index in [4.69, 9.17) is 0 Å². The molecule has 0 saturated carbocycles. The summed E-state index contributed by atoms with van der Waals surface area (Å²) < 4.78 is 87.3. The van der Waals surface area contributed by atoms with Crippen LogP contribution in [-0.4, -0.2) is 30.7 Å². The summed E-state index contributed by atoms with van der Waals surface area (Å²) in [5.41, 5.74) is -4.59. The van der Waals surface area contributed by atoms with Gasteiger partial charge in [0.1, 0.15) is 0 Å². The van der Waals surface area contributed by atoms with Gasteiger partial charge in [0.25, 0.3) is 12.1 Å². The zero-order valence-electron chi connectivity index (χ0n) is 5.79. The highest BCUT2D eigenvalue weighted by Crippen LogP contribution is 2.48. The summed E-state index contributed by atoms with van der Waals surface area (Å²) in [7, 11) is 0. The second-order valence-corrected chi connectivity index (χ2v) is 2.49. The van der Waals surface area contributed by atoms with Gasteiger partial charge in [-0.2, -0.15) is 8.78 Å². The summed E-state index contributed by atoms with van der Waals surface area (Å²) in [6, 6.07) is 0. The van der Waals surface area contributed by atoms with Gasteiger partial charge in [0.15, 0.2) is 0 Å². The molecule has 0 spiro atoms. The molecule has 0 bridgehead atoms. The van der Waals surface area contributed by atoms with Crippen LogP contribution in [0.2, 0.25) is 0 Å². The lowest BCUT2D eigenvalue weighted by Crippen LogP contribution is -2.47. The minimum atomic E-state index is -4.86. The number of halogens is 7. The molecule has 0 N–H and O–H groups in total. The first-order valence-electron chi connectivity index (χ1n) is 3.03. The Labute approximate surface area is 67.5 Å². The van der Waals surface area contributed by atoms with Gasteiger partial charge >= 0.3 is 6.11 Å². The van der Waals surface area contributed by atoms with Crippen molar-refractivity contribution in [3.8, 4) is 0 Å². The molecule has 1 saturated heterocycles. The molecular formula is C5H3F7O. The first-order chi connectivity index (χ1) is 5.73. The molecule has 1 aliphatic heterocycles. The Morgan fingerprint density at radius 2 is 1.54 bits per heavy atom. The average Bonchev–Trinajstić information content (AvgIpc) is 2.12. The van der Waals surface area contributed by atoms with Gasteiger partial charge in [-0.1, -0.05) is 0 Å². The SMILES string of the molecule is FC(F)C1(F)C(F)OC(F)(F)C1F. The summed E-state index contributed by atoms with van der Waals surface area (Å²) in [5, 5.41) is 0. The van der Waals surface area contributed by atoms with Crippen LogP contribution in [0.3, 0.4) is 0 Å². The van der Waals surface area contributed by atoms with E-state index in [0.717, 1.165) is 0 Å². The van der Waals surface area contributed by atoms with Crippen molar-refractivity contribution in [2.45, 2.75) is 30.7 Å². The second-order valence-electron chi connectivity index (χ2n) is 2.49. The highest BCUT2D eigenvalue weighted by molar-refractivity contribution is 5.02. The maximum atomic E-state index is 12.6.